The molecule has 2 N–H and O–H groups in total. The lowest BCUT2D eigenvalue weighted by molar-refractivity contribution is -0.123. The smallest absolute Gasteiger partial charge is 0.242 e. The molecule has 1 atom stereocenters. The first-order chi connectivity index (χ1) is 10.5. The number of nitrogens with one attached hydrogen (secondary N) is 2. The molecule has 0 fully saturated rings. The molecule has 2 aromatic rings. The minimum Gasteiger partial charge on any atom is -0.495 e. The Labute approximate surface area is 134 Å². The molecule has 0 saturated heterocycles. The van der Waals surface area contributed by atoms with Crippen LogP contribution in [-0.4, -0.2) is 29.8 Å². The van der Waals surface area contributed by atoms with Crippen LogP contribution in [0.3, 0.4) is 0 Å². The monoisotopic (exact) mass is 322 g/mol. The number of hydrogen-bond acceptors (Lipinski definition) is 4. The van der Waals surface area contributed by atoms with E-state index < -0.39 is 6.04 Å². The van der Waals surface area contributed by atoms with Gasteiger partial charge < -0.3 is 15.4 Å². The Morgan fingerprint density at radius 1 is 1.50 bits per heavy atom. The zero-order valence-corrected chi connectivity index (χ0v) is 13.5. The molecule has 1 unspecified atom stereocenters. The first-order valence-corrected chi connectivity index (χ1v) is 7.19. The lowest BCUT2D eigenvalue weighted by Gasteiger charge is -2.15. The van der Waals surface area contributed by atoms with Crippen LogP contribution in [-0.2, 0) is 18.4 Å². The Morgan fingerprint density at radius 2 is 2.27 bits per heavy atom. The van der Waals surface area contributed by atoms with E-state index in [0.29, 0.717) is 17.3 Å². The van der Waals surface area contributed by atoms with Gasteiger partial charge in [-0.2, -0.15) is 5.10 Å². The summed E-state index contributed by atoms with van der Waals surface area (Å²) in [5, 5.41) is 10.5. The number of carbonyl (C=O) groups excluding carboxylic acids is 1. The first-order valence-electron chi connectivity index (χ1n) is 6.81. The van der Waals surface area contributed by atoms with Crippen LogP contribution in [0.5, 0.6) is 5.75 Å². The van der Waals surface area contributed by atoms with Gasteiger partial charge in [-0.15, -0.1) is 0 Å². The average molecular weight is 323 g/mol. The van der Waals surface area contributed by atoms with Crippen molar-refractivity contribution in [1.82, 2.24) is 20.4 Å². The largest absolute Gasteiger partial charge is 0.495 e. The molecule has 118 valence electrons. The van der Waals surface area contributed by atoms with E-state index in [4.69, 9.17) is 16.3 Å². The molecule has 1 heterocycles. The molecule has 0 aliphatic carbocycles. The maximum Gasteiger partial charge on any atom is 0.242 e. The minimum atomic E-state index is -0.442. The highest BCUT2D eigenvalue weighted by Crippen LogP contribution is 2.24. The molecular formula is C15H19ClN4O2. The fraction of sp³-hybridized carbons (Fsp3) is 0.333. The predicted octanol–water partition coefficient (Wildman–Crippen LogP) is 1.66. The van der Waals surface area contributed by atoms with Crippen LogP contribution in [0.25, 0.3) is 0 Å². The number of aryl methyl sites for hydroxylation is 1. The molecule has 1 amide bonds. The van der Waals surface area contributed by atoms with Crippen LogP contribution < -0.4 is 15.4 Å². The molecule has 0 aliphatic heterocycles. The van der Waals surface area contributed by atoms with Gasteiger partial charge in [0, 0.05) is 25.4 Å². The number of aromatic nitrogens is 2. The number of carbonyl (C=O) groups is 1. The van der Waals surface area contributed by atoms with E-state index in [9.17, 15) is 4.79 Å². The molecule has 0 radical (unpaired) electrons. The third kappa shape index (κ3) is 3.78. The number of rotatable bonds is 6. The molecule has 0 aliphatic rings. The van der Waals surface area contributed by atoms with Crippen molar-refractivity contribution >= 4 is 17.5 Å². The number of halogens is 1. The SMILES string of the molecule is CNC(C(=O)NCc1ccc(OC)c(Cl)c1)c1cnn(C)c1. The lowest BCUT2D eigenvalue weighted by atomic mass is 10.1. The van der Waals surface area contributed by atoms with Crippen molar-refractivity contribution in [2.45, 2.75) is 12.6 Å². The van der Waals surface area contributed by atoms with Crippen molar-refractivity contribution in [3.05, 3.63) is 46.7 Å². The maximum absolute atomic E-state index is 12.3. The Morgan fingerprint density at radius 3 is 2.82 bits per heavy atom. The normalized spacial score (nSPS) is 12.0. The molecule has 1 aromatic carbocycles. The Kier molecular flexibility index (Phi) is 5.41. The second-order valence-corrected chi connectivity index (χ2v) is 5.26. The van der Waals surface area contributed by atoms with Crippen LogP contribution >= 0.6 is 11.6 Å². The van der Waals surface area contributed by atoms with E-state index in [-0.39, 0.29) is 5.91 Å². The van der Waals surface area contributed by atoms with E-state index in [2.05, 4.69) is 15.7 Å². The van der Waals surface area contributed by atoms with E-state index in [1.807, 2.05) is 19.3 Å². The van der Waals surface area contributed by atoms with Gasteiger partial charge in [-0.1, -0.05) is 17.7 Å². The molecule has 1 aromatic heterocycles. The number of ether oxygens (including phenoxy) is 1. The van der Waals surface area contributed by atoms with Crippen molar-refractivity contribution in [2.24, 2.45) is 7.05 Å². The average Bonchev–Trinajstić information content (AvgIpc) is 2.92. The van der Waals surface area contributed by atoms with E-state index in [1.165, 1.54) is 0 Å². The second-order valence-electron chi connectivity index (χ2n) is 4.86. The minimum absolute atomic E-state index is 0.123. The lowest BCUT2D eigenvalue weighted by Crippen LogP contribution is -2.35. The highest BCUT2D eigenvalue weighted by Gasteiger charge is 2.19. The highest BCUT2D eigenvalue weighted by atomic mass is 35.5. The Bertz CT molecular complexity index is 657. The number of methoxy groups -OCH3 is 1. The van der Waals surface area contributed by atoms with Crippen molar-refractivity contribution in [3.8, 4) is 5.75 Å². The summed E-state index contributed by atoms with van der Waals surface area (Å²) in [5.74, 6) is 0.489. The quantitative estimate of drug-likeness (QED) is 0.848. The van der Waals surface area contributed by atoms with Crippen molar-refractivity contribution in [1.29, 1.82) is 0 Å². The summed E-state index contributed by atoms with van der Waals surface area (Å²) in [5.41, 5.74) is 1.72. The predicted molar refractivity (Wildman–Crippen MR) is 84.9 cm³/mol. The second kappa shape index (κ2) is 7.29. The molecule has 6 nitrogen and oxygen atoms in total. The molecule has 2 rings (SSSR count). The molecule has 0 saturated carbocycles. The van der Waals surface area contributed by atoms with Gasteiger partial charge >= 0.3 is 0 Å². The van der Waals surface area contributed by atoms with Crippen LogP contribution in [0.2, 0.25) is 5.02 Å². The van der Waals surface area contributed by atoms with Crippen molar-refractivity contribution in [2.75, 3.05) is 14.2 Å². The molecule has 0 bridgehead atoms. The number of likely N-dealkylation sites (N-methyl/N-ethyl adjacent to an activating group) is 1. The highest BCUT2D eigenvalue weighted by molar-refractivity contribution is 6.32. The van der Waals surface area contributed by atoms with Gasteiger partial charge in [0.1, 0.15) is 11.8 Å². The standard InChI is InChI=1S/C15H19ClN4O2/c1-17-14(11-8-19-20(2)9-11)15(21)18-7-10-4-5-13(22-3)12(16)6-10/h4-6,8-9,14,17H,7H2,1-3H3,(H,18,21). The van der Waals surface area contributed by atoms with Gasteiger partial charge in [0.2, 0.25) is 5.91 Å². The molecular weight excluding hydrogens is 304 g/mol. The van der Waals surface area contributed by atoms with E-state index in [0.717, 1.165) is 11.1 Å². The first kappa shape index (κ1) is 16.3. The van der Waals surface area contributed by atoms with Gasteiger partial charge in [0.25, 0.3) is 0 Å². The van der Waals surface area contributed by atoms with Gasteiger partial charge in [-0.3, -0.25) is 9.48 Å². The van der Waals surface area contributed by atoms with Gasteiger partial charge in [-0.25, -0.2) is 0 Å². The van der Waals surface area contributed by atoms with Crippen LogP contribution in [0.4, 0.5) is 0 Å². The molecule has 7 heteroatoms. The maximum atomic E-state index is 12.3. The van der Waals surface area contributed by atoms with Crippen molar-refractivity contribution in [3.63, 3.8) is 0 Å². The summed E-state index contributed by atoms with van der Waals surface area (Å²) in [6.07, 6.45) is 3.48. The fourth-order valence-electron chi connectivity index (χ4n) is 2.15. The molecule has 0 spiro atoms. The summed E-state index contributed by atoms with van der Waals surface area (Å²) >= 11 is 6.07. The number of hydrogen-bond donors (Lipinski definition) is 2. The van der Waals surface area contributed by atoms with Crippen LogP contribution in [0.15, 0.2) is 30.6 Å². The number of benzene rings is 1. The summed E-state index contributed by atoms with van der Waals surface area (Å²) in [4.78, 5) is 12.3. The van der Waals surface area contributed by atoms with Crippen LogP contribution in [0, 0.1) is 0 Å². The summed E-state index contributed by atoms with van der Waals surface area (Å²) in [6.45, 7) is 0.390. The Hall–Kier alpha value is -2.05. The van der Waals surface area contributed by atoms with E-state index >= 15 is 0 Å². The van der Waals surface area contributed by atoms with Gasteiger partial charge in [0.05, 0.1) is 18.3 Å². The van der Waals surface area contributed by atoms with Crippen LogP contribution in [0.1, 0.15) is 17.2 Å². The zero-order chi connectivity index (χ0) is 16.1. The van der Waals surface area contributed by atoms with E-state index in [1.54, 1.807) is 37.2 Å². The number of amides is 1. The van der Waals surface area contributed by atoms with Gasteiger partial charge in [0.15, 0.2) is 0 Å². The third-order valence-electron chi connectivity index (χ3n) is 3.29. The summed E-state index contributed by atoms with van der Waals surface area (Å²) in [7, 11) is 5.11. The fourth-order valence-corrected chi connectivity index (χ4v) is 2.43. The topological polar surface area (TPSA) is 68.2 Å². The summed E-state index contributed by atoms with van der Waals surface area (Å²) in [6, 6.07) is 4.98. The molecule has 22 heavy (non-hydrogen) atoms. The third-order valence-corrected chi connectivity index (χ3v) is 3.59. The number of nitrogens with zero attached hydrogens (tertiary/aromatic N) is 2. The van der Waals surface area contributed by atoms with Gasteiger partial charge in [-0.05, 0) is 24.7 Å². The Balaban J connectivity index is 2.00. The summed E-state index contributed by atoms with van der Waals surface area (Å²) < 4.78 is 6.77. The zero-order valence-electron chi connectivity index (χ0n) is 12.8. The van der Waals surface area contributed by atoms with Crippen molar-refractivity contribution < 1.29 is 9.53 Å².